The molecule has 0 bridgehead atoms. The summed E-state index contributed by atoms with van der Waals surface area (Å²) in [6.07, 6.45) is -0.0404. The van der Waals surface area contributed by atoms with E-state index < -0.39 is 0 Å². The zero-order valence-corrected chi connectivity index (χ0v) is 9.07. The van der Waals surface area contributed by atoms with Crippen LogP contribution >= 0.6 is 11.3 Å². The molecule has 1 aliphatic rings. The summed E-state index contributed by atoms with van der Waals surface area (Å²) >= 11 is 1.42. The molecular formula is C9H13N3O2S. The normalized spacial score (nSPS) is 21.7. The molecule has 1 saturated heterocycles. The van der Waals surface area contributed by atoms with Gasteiger partial charge in [-0.3, -0.25) is 4.79 Å². The van der Waals surface area contributed by atoms with Crippen LogP contribution in [0.5, 0.6) is 0 Å². The summed E-state index contributed by atoms with van der Waals surface area (Å²) in [5, 5.41) is 1.76. The van der Waals surface area contributed by atoms with Crippen LogP contribution in [-0.4, -0.2) is 48.1 Å². The van der Waals surface area contributed by atoms with Gasteiger partial charge >= 0.3 is 0 Å². The van der Waals surface area contributed by atoms with Gasteiger partial charge in [0.15, 0.2) is 0 Å². The van der Waals surface area contributed by atoms with Crippen molar-refractivity contribution in [3.8, 4) is 0 Å². The lowest BCUT2D eigenvalue weighted by molar-refractivity contribution is -0.0169. The minimum absolute atomic E-state index is 0.0296. The first-order chi connectivity index (χ1) is 7.31. The number of carbonyl (C=O) groups excluding carboxylic acids is 1. The number of thiazole rings is 1. The number of hydrogen-bond acceptors (Lipinski definition) is 5. The first-order valence-corrected chi connectivity index (χ1v) is 5.74. The highest BCUT2D eigenvalue weighted by atomic mass is 32.1. The topological polar surface area (TPSA) is 68.5 Å². The summed E-state index contributed by atoms with van der Waals surface area (Å²) in [4.78, 5) is 17.6. The number of ether oxygens (including phenoxy) is 1. The Labute approximate surface area is 91.9 Å². The average Bonchev–Trinajstić information content (AvgIpc) is 2.81. The molecule has 1 aliphatic heterocycles. The first kappa shape index (κ1) is 10.5. The van der Waals surface area contributed by atoms with Crippen LogP contribution in [0.4, 0.5) is 0 Å². The highest BCUT2D eigenvalue weighted by Crippen LogP contribution is 2.10. The van der Waals surface area contributed by atoms with E-state index in [-0.39, 0.29) is 12.0 Å². The maximum atomic E-state index is 11.9. The SMILES string of the molecule is NCC1CN(C(=O)c2cscn2)CCO1. The van der Waals surface area contributed by atoms with Crippen molar-refractivity contribution < 1.29 is 9.53 Å². The third kappa shape index (κ3) is 2.34. The average molecular weight is 227 g/mol. The molecule has 2 heterocycles. The number of morpholine rings is 1. The Balaban J connectivity index is 2.01. The molecule has 1 aromatic rings. The van der Waals surface area contributed by atoms with Crippen LogP contribution in [0.1, 0.15) is 10.5 Å². The summed E-state index contributed by atoms with van der Waals surface area (Å²) in [5.74, 6) is -0.0296. The van der Waals surface area contributed by atoms with Crippen molar-refractivity contribution in [2.24, 2.45) is 5.73 Å². The van der Waals surface area contributed by atoms with Gasteiger partial charge in [-0.2, -0.15) is 0 Å². The summed E-state index contributed by atoms with van der Waals surface area (Å²) < 4.78 is 5.39. The molecule has 5 nitrogen and oxygen atoms in total. The predicted molar refractivity (Wildman–Crippen MR) is 56.8 cm³/mol. The van der Waals surface area contributed by atoms with Gasteiger partial charge in [-0.25, -0.2) is 4.98 Å². The number of aromatic nitrogens is 1. The second-order valence-corrected chi connectivity index (χ2v) is 4.07. The van der Waals surface area contributed by atoms with Crippen molar-refractivity contribution in [2.75, 3.05) is 26.2 Å². The predicted octanol–water partition coefficient (Wildman–Crippen LogP) is -0.0572. The van der Waals surface area contributed by atoms with Gasteiger partial charge < -0.3 is 15.4 Å². The van der Waals surface area contributed by atoms with Gasteiger partial charge in [-0.05, 0) is 0 Å². The van der Waals surface area contributed by atoms with E-state index in [9.17, 15) is 4.79 Å². The molecule has 0 radical (unpaired) electrons. The summed E-state index contributed by atoms with van der Waals surface area (Å²) in [7, 11) is 0. The van der Waals surface area contributed by atoms with Gasteiger partial charge in [-0.15, -0.1) is 11.3 Å². The second-order valence-electron chi connectivity index (χ2n) is 3.35. The maximum absolute atomic E-state index is 11.9. The molecule has 1 atom stereocenters. The van der Waals surface area contributed by atoms with Crippen molar-refractivity contribution >= 4 is 17.2 Å². The Morgan fingerprint density at radius 2 is 2.67 bits per heavy atom. The molecule has 6 heteroatoms. The highest BCUT2D eigenvalue weighted by Gasteiger charge is 2.24. The number of rotatable bonds is 2. The lowest BCUT2D eigenvalue weighted by Gasteiger charge is -2.31. The van der Waals surface area contributed by atoms with Gasteiger partial charge in [0.25, 0.3) is 5.91 Å². The van der Waals surface area contributed by atoms with E-state index >= 15 is 0 Å². The Bertz CT molecular complexity index is 328. The Hall–Kier alpha value is -0.980. The van der Waals surface area contributed by atoms with Crippen molar-refractivity contribution in [1.29, 1.82) is 0 Å². The fourth-order valence-electron chi connectivity index (χ4n) is 1.53. The maximum Gasteiger partial charge on any atom is 0.273 e. The second kappa shape index (κ2) is 4.69. The van der Waals surface area contributed by atoms with Crippen LogP contribution in [-0.2, 0) is 4.74 Å². The third-order valence-corrected chi connectivity index (χ3v) is 2.93. The van der Waals surface area contributed by atoms with Crippen molar-refractivity contribution in [2.45, 2.75) is 6.10 Å². The minimum atomic E-state index is -0.0404. The Morgan fingerprint density at radius 3 is 3.33 bits per heavy atom. The van der Waals surface area contributed by atoms with Crippen LogP contribution in [0, 0.1) is 0 Å². The van der Waals surface area contributed by atoms with E-state index in [0.29, 0.717) is 31.9 Å². The Kier molecular flexibility index (Phi) is 3.30. The number of hydrogen-bond donors (Lipinski definition) is 1. The van der Waals surface area contributed by atoms with E-state index in [4.69, 9.17) is 10.5 Å². The molecule has 1 fully saturated rings. The summed E-state index contributed by atoms with van der Waals surface area (Å²) in [6.45, 7) is 2.18. The van der Waals surface area contributed by atoms with Crippen molar-refractivity contribution in [3.63, 3.8) is 0 Å². The van der Waals surface area contributed by atoms with E-state index in [0.717, 1.165) is 0 Å². The molecule has 0 aliphatic carbocycles. The fraction of sp³-hybridized carbons (Fsp3) is 0.556. The fourth-order valence-corrected chi connectivity index (χ4v) is 2.05. The van der Waals surface area contributed by atoms with Gasteiger partial charge in [0.2, 0.25) is 0 Å². The molecular weight excluding hydrogens is 214 g/mol. The molecule has 1 amide bonds. The van der Waals surface area contributed by atoms with Gasteiger partial charge in [0.05, 0.1) is 18.2 Å². The van der Waals surface area contributed by atoms with Gasteiger partial charge in [0, 0.05) is 25.0 Å². The first-order valence-electron chi connectivity index (χ1n) is 4.80. The number of nitrogens with zero attached hydrogens (tertiary/aromatic N) is 2. The lowest BCUT2D eigenvalue weighted by atomic mass is 10.2. The van der Waals surface area contributed by atoms with E-state index in [1.54, 1.807) is 15.8 Å². The number of carbonyl (C=O) groups is 1. The summed E-state index contributed by atoms with van der Waals surface area (Å²) in [5.41, 5.74) is 7.68. The molecule has 1 unspecified atom stereocenters. The van der Waals surface area contributed by atoms with E-state index in [1.807, 2.05) is 0 Å². The molecule has 0 aromatic carbocycles. The minimum Gasteiger partial charge on any atom is -0.373 e. The van der Waals surface area contributed by atoms with Crippen LogP contribution < -0.4 is 5.73 Å². The zero-order valence-electron chi connectivity index (χ0n) is 8.26. The molecule has 2 rings (SSSR count). The molecule has 0 spiro atoms. The summed E-state index contributed by atoms with van der Waals surface area (Å²) in [6, 6.07) is 0. The number of amides is 1. The quantitative estimate of drug-likeness (QED) is 0.768. The van der Waals surface area contributed by atoms with Crippen LogP contribution in [0.2, 0.25) is 0 Å². The van der Waals surface area contributed by atoms with Crippen LogP contribution in [0.25, 0.3) is 0 Å². The van der Waals surface area contributed by atoms with Crippen molar-refractivity contribution in [3.05, 3.63) is 16.6 Å². The zero-order chi connectivity index (χ0) is 10.7. The molecule has 1 aromatic heterocycles. The van der Waals surface area contributed by atoms with Gasteiger partial charge in [0.1, 0.15) is 5.69 Å². The smallest absolute Gasteiger partial charge is 0.273 e. The van der Waals surface area contributed by atoms with Crippen molar-refractivity contribution in [1.82, 2.24) is 9.88 Å². The lowest BCUT2D eigenvalue weighted by Crippen LogP contribution is -2.48. The standard InChI is InChI=1S/C9H13N3O2S/c10-3-7-4-12(1-2-14-7)9(13)8-5-15-6-11-8/h5-7H,1-4,10H2. The monoisotopic (exact) mass is 227 g/mol. The molecule has 15 heavy (non-hydrogen) atoms. The number of nitrogens with two attached hydrogens (primary N) is 1. The van der Waals surface area contributed by atoms with Crippen LogP contribution in [0.15, 0.2) is 10.9 Å². The highest BCUT2D eigenvalue weighted by molar-refractivity contribution is 7.07. The van der Waals surface area contributed by atoms with Gasteiger partial charge in [-0.1, -0.05) is 0 Å². The third-order valence-electron chi connectivity index (χ3n) is 2.34. The molecule has 0 saturated carbocycles. The largest absolute Gasteiger partial charge is 0.373 e. The van der Waals surface area contributed by atoms with E-state index in [2.05, 4.69) is 4.98 Å². The van der Waals surface area contributed by atoms with E-state index in [1.165, 1.54) is 11.3 Å². The molecule has 82 valence electrons. The van der Waals surface area contributed by atoms with Crippen LogP contribution in [0.3, 0.4) is 0 Å². The molecule has 2 N–H and O–H groups in total. The Morgan fingerprint density at radius 1 is 1.80 bits per heavy atom.